The first kappa shape index (κ1) is 14.6. The fraction of sp³-hybridized carbons (Fsp3) is 0.769. The van der Waals surface area contributed by atoms with Gasteiger partial charge in [-0.05, 0) is 31.2 Å². The third-order valence-corrected chi connectivity index (χ3v) is 3.50. The van der Waals surface area contributed by atoms with Crippen LogP contribution in [-0.4, -0.2) is 31.8 Å². The average molecular weight is 256 g/mol. The Morgan fingerprint density at radius 1 is 1.47 bits per heavy atom. The Morgan fingerprint density at radius 2 is 2.29 bits per heavy atom. The zero-order valence-corrected chi connectivity index (χ0v) is 11.9. The van der Waals surface area contributed by atoms with E-state index in [-0.39, 0.29) is 0 Å². The van der Waals surface area contributed by atoms with E-state index in [4.69, 9.17) is 4.74 Å². The molecule has 0 aliphatic rings. The van der Waals surface area contributed by atoms with Crippen LogP contribution in [0.15, 0.2) is 11.7 Å². The summed E-state index contributed by atoms with van der Waals surface area (Å²) >= 11 is 1.76. The summed E-state index contributed by atoms with van der Waals surface area (Å²) in [6, 6.07) is 0. The largest absolute Gasteiger partial charge is 0.383 e. The van der Waals surface area contributed by atoms with Crippen LogP contribution < -0.4 is 5.32 Å². The molecule has 0 saturated carbocycles. The highest BCUT2D eigenvalue weighted by Gasteiger charge is 2.12. The van der Waals surface area contributed by atoms with Crippen LogP contribution in [-0.2, 0) is 11.2 Å². The molecule has 1 unspecified atom stereocenters. The Bertz CT molecular complexity index is 275. The number of aromatic nitrogens is 1. The smallest absolute Gasteiger partial charge is 0.0794 e. The molecule has 0 spiro atoms. The van der Waals surface area contributed by atoms with Crippen molar-refractivity contribution in [2.24, 2.45) is 11.8 Å². The van der Waals surface area contributed by atoms with Crippen LogP contribution in [0.3, 0.4) is 0 Å². The van der Waals surface area contributed by atoms with Crippen molar-refractivity contribution >= 4 is 11.3 Å². The molecule has 0 fully saturated rings. The SMILES string of the molecule is COCCNCC(Cc1cncs1)CC(C)C. The minimum atomic E-state index is 0.701. The number of ether oxygens (including phenoxy) is 1. The van der Waals surface area contributed by atoms with Crippen LogP contribution in [0, 0.1) is 11.8 Å². The first-order valence-corrected chi connectivity index (χ1v) is 7.17. The van der Waals surface area contributed by atoms with Gasteiger partial charge in [0.1, 0.15) is 0 Å². The van der Waals surface area contributed by atoms with E-state index < -0.39 is 0 Å². The Hall–Kier alpha value is -0.450. The van der Waals surface area contributed by atoms with Gasteiger partial charge in [0.15, 0.2) is 0 Å². The molecule has 0 radical (unpaired) electrons. The summed E-state index contributed by atoms with van der Waals surface area (Å²) in [5.74, 6) is 1.45. The van der Waals surface area contributed by atoms with E-state index in [0.29, 0.717) is 5.92 Å². The van der Waals surface area contributed by atoms with Crippen molar-refractivity contribution in [2.75, 3.05) is 26.8 Å². The number of rotatable bonds is 9. The monoisotopic (exact) mass is 256 g/mol. The Morgan fingerprint density at radius 3 is 2.88 bits per heavy atom. The summed E-state index contributed by atoms with van der Waals surface area (Å²) in [4.78, 5) is 5.53. The first-order chi connectivity index (χ1) is 8.22. The highest BCUT2D eigenvalue weighted by atomic mass is 32.1. The second-order valence-electron chi connectivity index (χ2n) is 4.86. The molecule has 0 amide bonds. The molecule has 1 aromatic heterocycles. The molecule has 0 aliphatic carbocycles. The fourth-order valence-corrected chi connectivity index (χ4v) is 2.72. The van der Waals surface area contributed by atoms with E-state index in [1.165, 1.54) is 11.3 Å². The van der Waals surface area contributed by atoms with Gasteiger partial charge in [0.25, 0.3) is 0 Å². The van der Waals surface area contributed by atoms with Crippen molar-refractivity contribution in [1.29, 1.82) is 0 Å². The number of nitrogens with one attached hydrogen (secondary N) is 1. The number of methoxy groups -OCH3 is 1. The van der Waals surface area contributed by atoms with Gasteiger partial charge in [-0.25, -0.2) is 0 Å². The molecule has 1 rings (SSSR count). The summed E-state index contributed by atoms with van der Waals surface area (Å²) < 4.78 is 5.04. The molecule has 0 aromatic carbocycles. The van der Waals surface area contributed by atoms with Crippen molar-refractivity contribution < 1.29 is 4.74 Å². The number of hydrogen-bond donors (Lipinski definition) is 1. The van der Waals surface area contributed by atoms with E-state index in [2.05, 4.69) is 24.1 Å². The van der Waals surface area contributed by atoms with Crippen LogP contribution in [0.2, 0.25) is 0 Å². The maximum atomic E-state index is 5.04. The lowest BCUT2D eigenvalue weighted by Crippen LogP contribution is -2.28. The van der Waals surface area contributed by atoms with Gasteiger partial charge >= 0.3 is 0 Å². The predicted molar refractivity (Wildman–Crippen MR) is 73.5 cm³/mol. The van der Waals surface area contributed by atoms with Crippen molar-refractivity contribution in [3.05, 3.63) is 16.6 Å². The number of thiazole rings is 1. The van der Waals surface area contributed by atoms with Gasteiger partial charge in [0, 0.05) is 24.7 Å². The summed E-state index contributed by atoms with van der Waals surface area (Å²) in [7, 11) is 1.74. The highest BCUT2D eigenvalue weighted by Crippen LogP contribution is 2.18. The lowest BCUT2D eigenvalue weighted by atomic mass is 9.93. The molecule has 1 N–H and O–H groups in total. The molecule has 0 bridgehead atoms. The summed E-state index contributed by atoms with van der Waals surface area (Å²) in [6.07, 6.45) is 4.40. The molecular weight excluding hydrogens is 232 g/mol. The van der Waals surface area contributed by atoms with Gasteiger partial charge in [-0.3, -0.25) is 4.98 Å². The molecule has 4 heteroatoms. The second-order valence-corrected chi connectivity index (χ2v) is 5.84. The average Bonchev–Trinajstić information content (AvgIpc) is 2.76. The van der Waals surface area contributed by atoms with E-state index in [0.717, 1.165) is 32.0 Å². The molecule has 1 heterocycles. The molecule has 98 valence electrons. The topological polar surface area (TPSA) is 34.1 Å². The summed E-state index contributed by atoms with van der Waals surface area (Å²) in [5, 5.41) is 3.46. The minimum Gasteiger partial charge on any atom is -0.383 e. The maximum Gasteiger partial charge on any atom is 0.0794 e. The quantitative estimate of drug-likeness (QED) is 0.690. The van der Waals surface area contributed by atoms with Crippen molar-refractivity contribution in [3.8, 4) is 0 Å². The van der Waals surface area contributed by atoms with Crippen LogP contribution >= 0.6 is 11.3 Å². The van der Waals surface area contributed by atoms with E-state index in [1.54, 1.807) is 18.4 Å². The second kappa shape index (κ2) is 8.61. The maximum absolute atomic E-state index is 5.04. The van der Waals surface area contributed by atoms with Crippen molar-refractivity contribution in [1.82, 2.24) is 10.3 Å². The van der Waals surface area contributed by atoms with E-state index in [9.17, 15) is 0 Å². The fourth-order valence-electron chi connectivity index (χ4n) is 2.01. The van der Waals surface area contributed by atoms with Crippen molar-refractivity contribution in [3.63, 3.8) is 0 Å². The van der Waals surface area contributed by atoms with Crippen LogP contribution in [0.4, 0.5) is 0 Å². The van der Waals surface area contributed by atoms with Crippen LogP contribution in [0.25, 0.3) is 0 Å². The molecule has 17 heavy (non-hydrogen) atoms. The van der Waals surface area contributed by atoms with Gasteiger partial charge in [-0.2, -0.15) is 0 Å². The van der Waals surface area contributed by atoms with E-state index >= 15 is 0 Å². The van der Waals surface area contributed by atoms with Crippen LogP contribution in [0.5, 0.6) is 0 Å². The predicted octanol–water partition coefficient (Wildman–Crippen LogP) is 2.58. The van der Waals surface area contributed by atoms with Gasteiger partial charge in [0.2, 0.25) is 0 Å². The lowest BCUT2D eigenvalue weighted by Gasteiger charge is -2.18. The van der Waals surface area contributed by atoms with Crippen LogP contribution in [0.1, 0.15) is 25.1 Å². The van der Waals surface area contributed by atoms with Gasteiger partial charge < -0.3 is 10.1 Å². The van der Waals surface area contributed by atoms with Gasteiger partial charge in [0.05, 0.1) is 12.1 Å². The lowest BCUT2D eigenvalue weighted by molar-refractivity contribution is 0.197. The molecule has 3 nitrogen and oxygen atoms in total. The Balaban J connectivity index is 2.32. The third kappa shape index (κ3) is 6.76. The molecular formula is C13H24N2OS. The molecule has 0 saturated heterocycles. The highest BCUT2D eigenvalue weighted by molar-refractivity contribution is 7.09. The Kier molecular flexibility index (Phi) is 7.40. The number of hydrogen-bond acceptors (Lipinski definition) is 4. The molecule has 0 aliphatic heterocycles. The number of nitrogens with zero attached hydrogens (tertiary/aromatic N) is 1. The van der Waals surface area contributed by atoms with E-state index in [1.807, 2.05) is 11.7 Å². The van der Waals surface area contributed by atoms with Crippen molar-refractivity contribution in [2.45, 2.75) is 26.7 Å². The summed E-state index contributed by atoms with van der Waals surface area (Å²) in [5.41, 5.74) is 1.92. The van der Waals surface area contributed by atoms with Gasteiger partial charge in [-0.1, -0.05) is 13.8 Å². The standard InChI is InChI=1S/C13H24N2OS/c1-11(2)6-12(8-14-4-5-16-3)7-13-9-15-10-17-13/h9-12,14H,4-8H2,1-3H3. The normalized spacial score (nSPS) is 13.2. The zero-order valence-electron chi connectivity index (χ0n) is 11.1. The third-order valence-electron chi connectivity index (χ3n) is 2.69. The molecule has 1 aromatic rings. The molecule has 1 atom stereocenters. The van der Waals surface area contributed by atoms with Gasteiger partial charge in [-0.15, -0.1) is 11.3 Å². The first-order valence-electron chi connectivity index (χ1n) is 6.29. The zero-order chi connectivity index (χ0) is 12.5. The Labute approximate surface area is 109 Å². The summed E-state index contributed by atoms with van der Waals surface area (Å²) in [6.45, 7) is 7.37. The minimum absolute atomic E-state index is 0.701.